The van der Waals surface area contributed by atoms with Gasteiger partial charge in [0.25, 0.3) is 0 Å². The van der Waals surface area contributed by atoms with Gasteiger partial charge >= 0.3 is 0 Å². The van der Waals surface area contributed by atoms with Crippen molar-refractivity contribution in [1.82, 2.24) is 25.4 Å². The van der Waals surface area contributed by atoms with Gasteiger partial charge < -0.3 is 5.32 Å². The van der Waals surface area contributed by atoms with Gasteiger partial charge in [0.15, 0.2) is 0 Å². The number of aromatic amines is 1. The normalized spacial score (nSPS) is 19.0. The van der Waals surface area contributed by atoms with Gasteiger partial charge in [0, 0.05) is 19.5 Å². The second-order valence-electron chi connectivity index (χ2n) is 3.93. The maximum absolute atomic E-state index is 4.42. The van der Waals surface area contributed by atoms with Gasteiger partial charge in [0.05, 0.1) is 6.54 Å². The standard InChI is InChI=1S/C10H19N5/c1-2-9-12-10(14-13-9)8-15-6-3-4-11-5-7-15/h11H,2-8H2,1H3,(H,12,13,14). The van der Waals surface area contributed by atoms with Crippen LogP contribution >= 0.6 is 0 Å². The molecule has 0 atom stereocenters. The van der Waals surface area contributed by atoms with Gasteiger partial charge in [-0.3, -0.25) is 10.00 Å². The Hall–Kier alpha value is -0.940. The first-order valence-electron chi connectivity index (χ1n) is 5.71. The molecule has 2 N–H and O–H groups in total. The second-order valence-corrected chi connectivity index (χ2v) is 3.93. The van der Waals surface area contributed by atoms with Crippen LogP contribution < -0.4 is 5.32 Å². The Morgan fingerprint density at radius 1 is 1.33 bits per heavy atom. The van der Waals surface area contributed by atoms with E-state index >= 15 is 0 Å². The summed E-state index contributed by atoms with van der Waals surface area (Å²) in [5, 5.41) is 10.5. The van der Waals surface area contributed by atoms with Crippen LogP contribution in [0.25, 0.3) is 0 Å². The lowest BCUT2D eigenvalue weighted by molar-refractivity contribution is 0.277. The Balaban J connectivity index is 1.89. The third-order valence-corrected chi connectivity index (χ3v) is 2.70. The van der Waals surface area contributed by atoms with Crippen LogP contribution in [0.1, 0.15) is 25.0 Å². The number of hydrogen-bond donors (Lipinski definition) is 2. The van der Waals surface area contributed by atoms with Gasteiger partial charge in [0.2, 0.25) is 0 Å². The van der Waals surface area contributed by atoms with Crippen molar-refractivity contribution in [2.75, 3.05) is 26.2 Å². The number of aryl methyl sites for hydroxylation is 1. The quantitative estimate of drug-likeness (QED) is 0.744. The summed E-state index contributed by atoms with van der Waals surface area (Å²) in [5.74, 6) is 1.91. The molecule has 0 amide bonds. The highest BCUT2D eigenvalue weighted by Gasteiger charge is 2.11. The van der Waals surface area contributed by atoms with Crippen LogP contribution in [0.5, 0.6) is 0 Å². The molecule has 2 rings (SSSR count). The number of rotatable bonds is 3. The molecule has 15 heavy (non-hydrogen) atoms. The highest BCUT2D eigenvalue weighted by molar-refractivity contribution is 4.90. The van der Waals surface area contributed by atoms with Crippen molar-refractivity contribution in [3.8, 4) is 0 Å². The molecule has 84 valence electrons. The highest BCUT2D eigenvalue weighted by atomic mass is 15.3. The van der Waals surface area contributed by atoms with E-state index in [9.17, 15) is 0 Å². The average molecular weight is 209 g/mol. The maximum atomic E-state index is 4.42. The monoisotopic (exact) mass is 209 g/mol. The van der Waals surface area contributed by atoms with E-state index in [2.05, 4.69) is 32.3 Å². The number of nitrogens with one attached hydrogen (secondary N) is 2. The molecule has 1 aromatic rings. The summed E-state index contributed by atoms with van der Waals surface area (Å²) in [6, 6.07) is 0. The molecular formula is C10H19N5. The Morgan fingerprint density at radius 2 is 2.27 bits per heavy atom. The molecule has 1 aliphatic rings. The van der Waals surface area contributed by atoms with Crippen LogP contribution in [0.3, 0.4) is 0 Å². The Labute approximate surface area is 90.3 Å². The summed E-state index contributed by atoms with van der Waals surface area (Å²) in [4.78, 5) is 6.84. The molecule has 2 heterocycles. The van der Waals surface area contributed by atoms with Gasteiger partial charge in [-0.15, -0.1) is 0 Å². The second kappa shape index (κ2) is 5.23. The molecule has 0 bridgehead atoms. The maximum Gasteiger partial charge on any atom is 0.150 e. The van der Waals surface area contributed by atoms with Crippen LogP contribution in [0.15, 0.2) is 0 Å². The topological polar surface area (TPSA) is 56.8 Å². The molecule has 5 nitrogen and oxygen atoms in total. The van der Waals surface area contributed by atoms with E-state index in [1.807, 2.05) is 0 Å². The molecule has 0 radical (unpaired) electrons. The molecule has 1 saturated heterocycles. The van der Waals surface area contributed by atoms with Crippen molar-refractivity contribution in [2.24, 2.45) is 0 Å². The largest absolute Gasteiger partial charge is 0.315 e. The summed E-state index contributed by atoms with van der Waals surface area (Å²) < 4.78 is 0. The van der Waals surface area contributed by atoms with Crippen molar-refractivity contribution in [2.45, 2.75) is 26.3 Å². The average Bonchev–Trinajstić information content (AvgIpc) is 2.54. The summed E-state index contributed by atoms with van der Waals surface area (Å²) in [5.41, 5.74) is 0. The zero-order valence-electron chi connectivity index (χ0n) is 9.29. The van der Waals surface area contributed by atoms with E-state index in [1.54, 1.807) is 0 Å². The van der Waals surface area contributed by atoms with Gasteiger partial charge in [0.1, 0.15) is 11.6 Å². The van der Waals surface area contributed by atoms with Crippen LogP contribution in [0.2, 0.25) is 0 Å². The van der Waals surface area contributed by atoms with Gasteiger partial charge in [-0.2, -0.15) is 5.10 Å². The number of nitrogens with zero attached hydrogens (tertiary/aromatic N) is 3. The van der Waals surface area contributed by atoms with Crippen molar-refractivity contribution < 1.29 is 0 Å². The van der Waals surface area contributed by atoms with E-state index in [-0.39, 0.29) is 0 Å². The van der Waals surface area contributed by atoms with E-state index in [1.165, 1.54) is 6.42 Å². The van der Waals surface area contributed by atoms with Crippen molar-refractivity contribution in [3.05, 3.63) is 11.6 Å². The molecule has 1 fully saturated rings. The molecule has 0 saturated carbocycles. The summed E-state index contributed by atoms with van der Waals surface area (Å²) in [6.07, 6.45) is 2.12. The van der Waals surface area contributed by atoms with Crippen molar-refractivity contribution in [3.63, 3.8) is 0 Å². The van der Waals surface area contributed by atoms with Crippen LogP contribution in [0, 0.1) is 0 Å². The predicted octanol–water partition coefficient (Wildman–Crippen LogP) is 0.162. The fraction of sp³-hybridized carbons (Fsp3) is 0.800. The fourth-order valence-corrected chi connectivity index (χ4v) is 1.84. The Bertz CT molecular complexity index is 288. The molecule has 0 unspecified atom stereocenters. The molecule has 5 heteroatoms. The lowest BCUT2D eigenvalue weighted by Crippen LogP contribution is -2.28. The minimum absolute atomic E-state index is 0.898. The van der Waals surface area contributed by atoms with Crippen molar-refractivity contribution >= 4 is 0 Å². The van der Waals surface area contributed by atoms with Crippen LogP contribution in [-0.4, -0.2) is 46.3 Å². The lowest BCUT2D eigenvalue weighted by atomic mass is 10.4. The van der Waals surface area contributed by atoms with E-state index in [0.717, 1.165) is 50.8 Å². The third-order valence-electron chi connectivity index (χ3n) is 2.70. The first-order valence-corrected chi connectivity index (χ1v) is 5.71. The number of hydrogen-bond acceptors (Lipinski definition) is 4. The van der Waals surface area contributed by atoms with Crippen LogP contribution in [0.4, 0.5) is 0 Å². The SMILES string of the molecule is CCc1n[nH]c(CN2CCCNCC2)n1. The predicted molar refractivity (Wildman–Crippen MR) is 58.5 cm³/mol. The molecule has 1 aliphatic heterocycles. The summed E-state index contributed by atoms with van der Waals surface area (Å²) in [6.45, 7) is 7.43. The number of H-pyrrole nitrogens is 1. The Kier molecular flexibility index (Phi) is 3.69. The lowest BCUT2D eigenvalue weighted by Gasteiger charge is -2.17. The van der Waals surface area contributed by atoms with E-state index < -0.39 is 0 Å². The van der Waals surface area contributed by atoms with E-state index in [4.69, 9.17) is 0 Å². The van der Waals surface area contributed by atoms with Gasteiger partial charge in [-0.05, 0) is 19.5 Å². The third kappa shape index (κ3) is 3.00. The van der Waals surface area contributed by atoms with Gasteiger partial charge in [-0.25, -0.2) is 4.98 Å². The minimum Gasteiger partial charge on any atom is -0.315 e. The molecule has 0 aromatic carbocycles. The smallest absolute Gasteiger partial charge is 0.150 e. The summed E-state index contributed by atoms with van der Waals surface area (Å²) in [7, 11) is 0. The molecule has 0 spiro atoms. The zero-order chi connectivity index (χ0) is 10.5. The summed E-state index contributed by atoms with van der Waals surface area (Å²) >= 11 is 0. The van der Waals surface area contributed by atoms with E-state index in [0.29, 0.717) is 0 Å². The zero-order valence-corrected chi connectivity index (χ0v) is 9.29. The fourth-order valence-electron chi connectivity index (χ4n) is 1.84. The van der Waals surface area contributed by atoms with Crippen LogP contribution in [-0.2, 0) is 13.0 Å². The Morgan fingerprint density at radius 3 is 3.07 bits per heavy atom. The molecule has 0 aliphatic carbocycles. The van der Waals surface area contributed by atoms with Gasteiger partial charge in [-0.1, -0.05) is 6.92 Å². The van der Waals surface area contributed by atoms with Crippen molar-refractivity contribution in [1.29, 1.82) is 0 Å². The minimum atomic E-state index is 0.898. The highest BCUT2D eigenvalue weighted by Crippen LogP contribution is 2.02. The number of aromatic nitrogens is 3. The molecular weight excluding hydrogens is 190 g/mol. The first-order chi connectivity index (χ1) is 7.38. The first kappa shape index (κ1) is 10.6. The molecule has 1 aromatic heterocycles.